The summed E-state index contributed by atoms with van der Waals surface area (Å²) in [7, 11) is 1.64. The summed E-state index contributed by atoms with van der Waals surface area (Å²) in [6, 6.07) is 7.65. The van der Waals surface area contributed by atoms with E-state index in [1.807, 2.05) is 38.1 Å². The number of hydrogen-bond acceptors (Lipinski definition) is 5. The lowest BCUT2D eigenvalue weighted by Crippen LogP contribution is -2.49. The summed E-state index contributed by atoms with van der Waals surface area (Å²) < 4.78 is 5.17. The highest BCUT2D eigenvalue weighted by Crippen LogP contribution is 2.32. The molecular formula is C17H23N3O2S. The van der Waals surface area contributed by atoms with Crippen molar-refractivity contribution in [1.82, 2.24) is 10.3 Å². The van der Waals surface area contributed by atoms with Crippen LogP contribution in [0.1, 0.15) is 37.4 Å². The average Bonchev–Trinajstić information content (AvgIpc) is 2.88. The van der Waals surface area contributed by atoms with E-state index in [1.54, 1.807) is 32.3 Å². The minimum absolute atomic E-state index is 0.130. The number of nitrogens with one attached hydrogen (secondary N) is 1. The first-order valence-electron chi connectivity index (χ1n) is 7.44. The Morgan fingerprint density at radius 3 is 2.48 bits per heavy atom. The number of nitrogens with two attached hydrogens (primary N) is 1. The molecule has 124 valence electrons. The fourth-order valence-electron chi connectivity index (χ4n) is 2.12. The number of carbonyl (C=O) groups excluding carboxylic acids is 1. The van der Waals surface area contributed by atoms with E-state index in [0.29, 0.717) is 0 Å². The van der Waals surface area contributed by atoms with E-state index >= 15 is 0 Å². The first-order chi connectivity index (χ1) is 10.7. The lowest BCUT2D eigenvalue weighted by molar-refractivity contribution is -0.125. The van der Waals surface area contributed by atoms with Crippen LogP contribution in [0.2, 0.25) is 0 Å². The molecule has 0 aliphatic rings. The molecule has 0 saturated heterocycles. The van der Waals surface area contributed by atoms with Crippen LogP contribution in [-0.2, 0) is 4.79 Å². The molecular weight excluding hydrogens is 310 g/mol. The summed E-state index contributed by atoms with van der Waals surface area (Å²) >= 11 is 1.58. The van der Waals surface area contributed by atoms with Gasteiger partial charge in [-0.15, -0.1) is 11.3 Å². The average molecular weight is 333 g/mol. The van der Waals surface area contributed by atoms with Crippen LogP contribution in [-0.4, -0.2) is 23.5 Å². The van der Waals surface area contributed by atoms with E-state index in [1.165, 1.54) is 0 Å². The number of hydrogen-bond donors (Lipinski definition) is 2. The fraction of sp³-hybridized carbons (Fsp3) is 0.412. The molecule has 0 fully saturated rings. The molecule has 1 atom stereocenters. The number of methoxy groups -OCH3 is 1. The van der Waals surface area contributed by atoms with E-state index in [2.05, 4.69) is 10.3 Å². The summed E-state index contributed by atoms with van der Waals surface area (Å²) in [6.07, 6.45) is 0. The summed E-state index contributed by atoms with van der Waals surface area (Å²) in [6.45, 7) is 7.28. The molecule has 0 spiro atoms. The fourth-order valence-corrected chi connectivity index (χ4v) is 3.19. The van der Waals surface area contributed by atoms with Gasteiger partial charge in [0.15, 0.2) is 0 Å². The summed E-state index contributed by atoms with van der Waals surface area (Å²) in [5.41, 5.74) is 6.88. The lowest BCUT2D eigenvalue weighted by atomic mass is 10.1. The number of ether oxygens (including phenoxy) is 1. The first-order valence-corrected chi connectivity index (χ1v) is 8.25. The monoisotopic (exact) mass is 333 g/mol. The van der Waals surface area contributed by atoms with Crippen molar-refractivity contribution in [2.45, 2.75) is 39.3 Å². The minimum atomic E-state index is -0.897. The second kappa shape index (κ2) is 6.68. The number of aryl methyl sites for hydroxylation is 1. The van der Waals surface area contributed by atoms with Gasteiger partial charge in [0.1, 0.15) is 10.8 Å². The molecule has 1 heterocycles. The zero-order valence-electron chi connectivity index (χ0n) is 14.1. The van der Waals surface area contributed by atoms with Gasteiger partial charge in [-0.3, -0.25) is 4.79 Å². The topological polar surface area (TPSA) is 77.2 Å². The maximum Gasteiger partial charge on any atom is 0.240 e. The van der Waals surface area contributed by atoms with Crippen LogP contribution in [0.4, 0.5) is 0 Å². The Hall–Kier alpha value is -1.92. The molecule has 3 N–H and O–H groups in total. The van der Waals surface area contributed by atoms with Crippen molar-refractivity contribution in [3.05, 3.63) is 34.8 Å². The molecule has 1 amide bonds. The largest absolute Gasteiger partial charge is 0.497 e. The van der Waals surface area contributed by atoms with Crippen LogP contribution >= 0.6 is 11.3 Å². The van der Waals surface area contributed by atoms with Gasteiger partial charge in [0.05, 0.1) is 29.3 Å². The molecule has 0 bridgehead atoms. The molecule has 5 nitrogen and oxygen atoms in total. The lowest BCUT2D eigenvalue weighted by Gasteiger charge is -2.21. The van der Waals surface area contributed by atoms with Crippen molar-refractivity contribution in [2.75, 3.05) is 7.11 Å². The predicted octanol–water partition coefficient (Wildman–Crippen LogP) is 3.04. The van der Waals surface area contributed by atoms with Crippen LogP contribution in [0.5, 0.6) is 5.75 Å². The van der Waals surface area contributed by atoms with Crippen LogP contribution in [0, 0.1) is 6.92 Å². The van der Waals surface area contributed by atoms with Gasteiger partial charge in [0, 0.05) is 5.56 Å². The third-order valence-corrected chi connectivity index (χ3v) is 4.88. The Bertz CT molecular complexity index is 687. The number of aromatic nitrogens is 1. The number of amides is 1. The highest BCUT2D eigenvalue weighted by molar-refractivity contribution is 7.15. The Morgan fingerprint density at radius 2 is 1.96 bits per heavy atom. The third-order valence-electron chi connectivity index (χ3n) is 3.50. The van der Waals surface area contributed by atoms with Gasteiger partial charge in [-0.1, -0.05) is 0 Å². The SMILES string of the molecule is COc1ccc(-c2nc(C)c(C(C)NC(=O)C(C)(C)N)s2)cc1. The Balaban J connectivity index is 2.21. The Labute approximate surface area is 140 Å². The molecule has 2 rings (SSSR count). The minimum Gasteiger partial charge on any atom is -0.497 e. The Morgan fingerprint density at radius 1 is 1.35 bits per heavy atom. The van der Waals surface area contributed by atoms with E-state index in [9.17, 15) is 4.79 Å². The van der Waals surface area contributed by atoms with Crippen molar-refractivity contribution in [3.63, 3.8) is 0 Å². The first kappa shape index (κ1) is 17.4. The quantitative estimate of drug-likeness (QED) is 0.881. The molecule has 1 unspecified atom stereocenters. The number of carbonyl (C=O) groups is 1. The molecule has 0 aliphatic heterocycles. The van der Waals surface area contributed by atoms with Crippen LogP contribution < -0.4 is 15.8 Å². The van der Waals surface area contributed by atoms with Crippen molar-refractivity contribution in [2.24, 2.45) is 5.73 Å². The zero-order valence-corrected chi connectivity index (χ0v) is 15.0. The van der Waals surface area contributed by atoms with Crippen molar-refractivity contribution in [3.8, 4) is 16.3 Å². The van der Waals surface area contributed by atoms with E-state index in [4.69, 9.17) is 10.5 Å². The van der Waals surface area contributed by atoms with Crippen LogP contribution in [0.15, 0.2) is 24.3 Å². The normalized spacial score (nSPS) is 12.8. The van der Waals surface area contributed by atoms with E-state index in [0.717, 1.165) is 26.9 Å². The molecule has 6 heteroatoms. The zero-order chi connectivity index (χ0) is 17.2. The van der Waals surface area contributed by atoms with Gasteiger partial charge >= 0.3 is 0 Å². The highest BCUT2D eigenvalue weighted by atomic mass is 32.1. The molecule has 0 radical (unpaired) electrons. The smallest absolute Gasteiger partial charge is 0.240 e. The molecule has 0 aliphatic carbocycles. The second-order valence-corrected chi connectivity index (χ2v) is 7.14. The standard InChI is InChI=1S/C17H23N3O2S/c1-10-14(11(2)20-16(21)17(3,4)18)23-15(19-10)12-6-8-13(22-5)9-7-12/h6-9,11H,18H2,1-5H3,(H,20,21). The maximum absolute atomic E-state index is 12.0. The van der Waals surface area contributed by atoms with Crippen molar-refractivity contribution in [1.29, 1.82) is 0 Å². The maximum atomic E-state index is 12.0. The molecule has 1 aromatic heterocycles. The summed E-state index contributed by atoms with van der Waals surface area (Å²) in [5, 5.41) is 3.87. The molecule has 0 saturated carbocycles. The van der Waals surface area contributed by atoms with Gasteiger partial charge < -0.3 is 15.8 Å². The highest BCUT2D eigenvalue weighted by Gasteiger charge is 2.25. The van der Waals surface area contributed by atoms with E-state index < -0.39 is 5.54 Å². The summed E-state index contributed by atoms with van der Waals surface area (Å²) in [4.78, 5) is 17.7. The van der Waals surface area contributed by atoms with Crippen LogP contribution in [0.3, 0.4) is 0 Å². The number of thiazole rings is 1. The molecule has 2 aromatic rings. The summed E-state index contributed by atoms with van der Waals surface area (Å²) in [5.74, 6) is 0.636. The second-order valence-electron chi connectivity index (χ2n) is 6.11. The van der Waals surface area contributed by atoms with Gasteiger partial charge in [-0.2, -0.15) is 0 Å². The van der Waals surface area contributed by atoms with Gasteiger partial charge in [0.25, 0.3) is 0 Å². The van der Waals surface area contributed by atoms with Gasteiger partial charge in [0.2, 0.25) is 5.91 Å². The molecule has 23 heavy (non-hydrogen) atoms. The number of benzene rings is 1. The van der Waals surface area contributed by atoms with Crippen molar-refractivity contribution < 1.29 is 9.53 Å². The third kappa shape index (κ3) is 4.09. The van der Waals surface area contributed by atoms with Gasteiger partial charge in [-0.05, 0) is 52.0 Å². The number of rotatable bonds is 5. The van der Waals surface area contributed by atoms with Crippen LogP contribution in [0.25, 0.3) is 10.6 Å². The van der Waals surface area contributed by atoms with Crippen molar-refractivity contribution >= 4 is 17.2 Å². The predicted molar refractivity (Wildman–Crippen MR) is 93.7 cm³/mol. The number of nitrogens with zero attached hydrogens (tertiary/aromatic N) is 1. The molecule has 1 aromatic carbocycles. The Kier molecular flexibility index (Phi) is 5.06. The van der Waals surface area contributed by atoms with E-state index in [-0.39, 0.29) is 11.9 Å². The van der Waals surface area contributed by atoms with Gasteiger partial charge in [-0.25, -0.2) is 4.98 Å².